The summed E-state index contributed by atoms with van der Waals surface area (Å²) in [6.07, 6.45) is 1.61. The zero-order chi connectivity index (χ0) is 23.2. The first-order valence-corrected chi connectivity index (χ1v) is 11.5. The summed E-state index contributed by atoms with van der Waals surface area (Å²) in [5.74, 6) is 1.92. The molecule has 6 rings (SSSR count). The van der Waals surface area contributed by atoms with Crippen molar-refractivity contribution in [3.8, 4) is 11.6 Å². The lowest BCUT2D eigenvalue weighted by atomic mass is 10.1. The van der Waals surface area contributed by atoms with Crippen LogP contribution in [-0.4, -0.2) is 56.1 Å². The van der Waals surface area contributed by atoms with E-state index in [2.05, 4.69) is 22.0 Å². The second-order valence-electron chi connectivity index (χ2n) is 8.39. The van der Waals surface area contributed by atoms with E-state index in [4.69, 9.17) is 21.0 Å². The molecule has 2 aromatic carbocycles. The van der Waals surface area contributed by atoms with E-state index >= 15 is 0 Å². The van der Waals surface area contributed by atoms with Gasteiger partial charge < -0.3 is 14.2 Å². The Labute approximate surface area is 200 Å². The minimum atomic E-state index is -0.0168. The molecule has 34 heavy (non-hydrogen) atoms. The maximum Gasteiger partial charge on any atom is 0.254 e. The summed E-state index contributed by atoms with van der Waals surface area (Å²) in [5, 5.41) is 10.3. The van der Waals surface area contributed by atoms with Crippen molar-refractivity contribution in [1.29, 1.82) is 0 Å². The first kappa shape index (κ1) is 20.7. The van der Waals surface area contributed by atoms with Gasteiger partial charge in [0.25, 0.3) is 5.91 Å². The third kappa shape index (κ3) is 3.38. The normalized spacial score (nSPS) is 16.5. The van der Waals surface area contributed by atoms with Crippen molar-refractivity contribution >= 4 is 40.0 Å². The van der Waals surface area contributed by atoms with Crippen LogP contribution in [-0.2, 0) is 0 Å². The number of aromatic nitrogens is 4. The van der Waals surface area contributed by atoms with Crippen LogP contribution >= 0.6 is 11.6 Å². The summed E-state index contributed by atoms with van der Waals surface area (Å²) in [5.41, 5.74) is 2.12. The summed E-state index contributed by atoms with van der Waals surface area (Å²) in [6.45, 7) is 3.86. The number of hydrogen-bond acceptors (Lipinski definition) is 6. The Morgan fingerprint density at radius 3 is 2.68 bits per heavy atom. The van der Waals surface area contributed by atoms with Gasteiger partial charge in [-0.05, 0) is 49.4 Å². The molecular weight excluding hydrogens is 452 g/mol. The lowest BCUT2D eigenvalue weighted by Crippen LogP contribution is -2.54. The minimum Gasteiger partial charge on any atom is -0.461 e. The van der Waals surface area contributed by atoms with Gasteiger partial charge in [0.2, 0.25) is 11.8 Å². The third-order valence-electron chi connectivity index (χ3n) is 6.22. The Hall–Kier alpha value is -3.91. The molecule has 0 N–H and O–H groups in total. The molecule has 170 valence electrons. The van der Waals surface area contributed by atoms with Crippen LogP contribution in [0.5, 0.6) is 0 Å². The van der Waals surface area contributed by atoms with E-state index in [1.165, 1.54) is 0 Å². The summed E-state index contributed by atoms with van der Waals surface area (Å²) in [4.78, 5) is 22.1. The smallest absolute Gasteiger partial charge is 0.254 e. The van der Waals surface area contributed by atoms with Crippen molar-refractivity contribution < 1.29 is 9.21 Å². The van der Waals surface area contributed by atoms with Gasteiger partial charge in [0.15, 0.2) is 11.4 Å². The fraction of sp³-hybridized carbons (Fsp3) is 0.200. The van der Waals surface area contributed by atoms with E-state index < -0.39 is 0 Å². The van der Waals surface area contributed by atoms with Crippen molar-refractivity contribution in [3.63, 3.8) is 0 Å². The van der Waals surface area contributed by atoms with Gasteiger partial charge in [-0.25, -0.2) is 9.38 Å². The van der Waals surface area contributed by atoms with Crippen LogP contribution in [0.25, 0.3) is 28.1 Å². The summed E-state index contributed by atoms with van der Waals surface area (Å²) in [7, 11) is 0. The SMILES string of the molecule is C[C@@H]1CN(c2nc3cc(Cl)ccc3c3nnc(-c4ccco4)n23)CCN1C(=O)c1ccccc1. The van der Waals surface area contributed by atoms with Gasteiger partial charge in [0.1, 0.15) is 0 Å². The second kappa shape index (κ2) is 8.14. The molecule has 1 amide bonds. The van der Waals surface area contributed by atoms with Crippen LogP contribution < -0.4 is 4.90 Å². The number of hydrogen-bond donors (Lipinski definition) is 0. The summed E-state index contributed by atoms with van der Waals surface area (Å²) in [6, 6.07) is 18.6. The van der Waals surface area contributed by atoms with Crippen molar-refractivity contribution in [2.24, 2.45) is 0 Å². The number of rotatable bonds is 3. The Morgan fingerprint density at radius 2 is 1.91 bits per heavy atom. The van der Waals surface area contributed by atoms with Gasteiger partial charge in [-0.15, -0.1) is 10.2 Å². The van der Waals surface area contributed by atoms with Crippen molar-refractivity contribution in [2.75, 3.05) is 24.5 Å². The zero-order valence-corrected chi connectivity index (χ0v) is 19.2. The van der Waals surface area contributed by atoms with Crippen molar-refractivity contribution in [3.05, 3.63) is 77.5 Å². The quantitative estimate of drug-likeness (QED) is 0.383. The first-order valence-electron chi connectivity index (χ1n) is 11.1. The molecule has 1 aliphatic heterocycles. The molecule has 4 heterocycles. The van der Waals surface area contributed by atoms with Crippen LogP contribution in [0.3, 0.4) is 0 Å². The van der Waals surface area contributed by atoms with Gasteiger partial charge in [-0.2, -0.15) is 0 Å². The summed E-state index contributed by atoms with van der Waals surface area (Å²) >= 11 is 6.27. The van der Waals surface area contributed by atoms with E-state index in [0.717, 1.165) is 10.9 Å². The Kier molecular flexibility index (Phi) is 4.95. The highest BCUT2D eigenvalue weighted by atomic mass is 35.5. The van der Waals surface area contributed by atoms with Crippen molar-refractivity contribution in [2.45, 2.75) is 13.0 Å². The Bertz CT molecular complexity index is 1500. The average Bonchev–Trinajstić information content (AvgIpc) is 3.54. The number of amides is 1. The molecule has 5 aromatic rings. The third-order valence-corrected chi connectivity index (χ3v) is 6.45. The predicted octanol–water partition coefficient (Wildman–Crippen LogP) is 4.54. The molecule has 9 heteroatoms. The van der Waals surface area contributed by atoms with Crippen LogP contribution in [0.2, 0.25) is 5.02 Å². The van der Waals surface area contributed by atoms with Gasteiger partial charge in [-0.1, -0.05) is 29.8 Å². The zero-order valence-electron chi connectivity index (χ0n) is 18.4. The van der Waals surface area contributed by atoms with Crippen LogP contribution in [0.4, 0.5) is 5.95 Å². The number of carbonyl (C=O) groups is 1. The van der Waals surface area contributed by atoms with E-state index in [1.54, 1.807) is 6.26 Å². The molecule has 3 aromatic heterocycles. The maximum absolute atomic E-state index is 13.1. The molecule has 0 bridgehead atoms. The molecule has 0 saturated carbocycles. The number of carbonyl (C=O) groups excluding carboxylic acids is 1. The molecule has 8 nitrogen and oxygen atoms in total. The number of anilines is 1. The molecule has 0 radical (unpaired) electrons. The molecule has 1 fully saturated rings. The monoisotopic (exact) mass is 472 g/mol. The number of halogens is 1. The highest BCUT2D eigenvalue weighted by molar-refractivity contribution is 6.31. The average molecular weight is 473 g/mol. The Morgan fingerprint density at radius 1 is 1.06 bits per heavy atom. The molecule has 1 aliphatic rings. The fourth-order valence-electron chi connectivity index (χ4n) is 4.56. The number of fused-ring (bicyclic) bond motifs is 3. The second-order valence-corrected chi connectivity index (χ2v) is 8.83. The highest BCUT2D eigenvalue weighted by Gasteiger charge is 2.31. The lowest BCUT2D eigenvalue weighted by Gasteiger charge is -2.40. The minimum absolute atomic E-state index is 0.0168. The standard InChI is InChI=1S/C25H21ClN6O2/c1-16-15-30(11-12-31(16)24(33)17-6-3-2-4-7-17)25-27-20-14-18(26)9-10-19(20)22-28-29-23(32(22)25)21-8-5-13-34-21/h2-10,13-14,16H,11-12,15H2,1H3/t16-/m1/s1. The first-order chi connectivity index (χ1) is 16.6. The van der Waals surface area contributed by atoms with E-state index in [-0.39, 0.29) is 11.9 Å². The highest BCUT2D eigenvalue weighted by Crippen LogP contribution is 2.31. The molecule has 1 atom stereocenters. The molecule has 0 spiro atoms. The van der Waals surface area contributed by atoms with Crippen LogP contribution in [0, 0.1) is 0 Å². The largest absolute Gasteiger partial charge is 0.461 e. The van der Waals surface area contributed by atoms with Gasteiger partial charge >= 0.3 is 0 Å². The number of piperazine rings is 1. The molecule has 0 unspecified atom stereocenters. The van der Waals surface area contributed by atoms with E-state index in [1.807, 2.05) is 70.0 Å². The summed E-state index contributed by atoms with van der Waals surface area (Å²) < 4.78 is 7.56. The molecule has 1 saturated heterocycles. The van der Waals surface area contributed by atoms with Gasteiger partial charge in [0, 0.05) is 41.6 Å². The Balaban J connectivity index is 1.43. The van der Waals surface area contributed by atoms with E-state index in [9.17, 15) is 4.79 Å². The van der Waals surface area contributed by atoms with Crippen LogP contribution in [0.1, 0.15) is 17.3 Å². The number of benzene rings is 2. The van der Waals surface area contributed by atoms with Gasteiger partial charge in [-0.3, -0.25) is 4.79 Å². The van der Waals surface area contributed by atoms with Crippen molar-refractivity contribution in [1.82, 2.24) is 24.5 Å². The topological polar surface area (TPSA) is 79.8 Å². The van der Waals surface area contributed by atoms with E-state index in [0.29, 0.717) is 53.4 Å². The predicted molar refractivity (Wildman–Crippen MR) is 130 cm³/mol. The van der Waals surface area contributed by atoms with Crippen LogP contribution in [0.15, 0.2) is 71.3 Å². The number of nitrogens with zero attached hydrogens (tertiary/aromatic N) is 6. The number of furan rings is 1. The fourth-order valence-corrected chi connectivity index (χ4v) is 4.72. The maximum atomic E-state index is 13.1. The molecule has 0 aliphatic carbocycles. The lowest BCUT2D eigenvalue weighted by molar-refractivity contribution is 0.0673. The molecular formula is C25H21ClN6O2. The van der Waals surface area contributed by atoms with Gasteiger partial charge in [0.05, 0.1) is 11.8 Å².